The van der Waals surface area contributed by atoms with E-state index in [2.05, 4.69) is 22.2 Å². The Morgan fingerprint density at radius 3 is 2.47 bits per heavy atom. The zero-order valence-corrected chi connectivity index (χ0v) is 11.0. The van der Waals surface area contributed by atoms with Gasteiger partial charge in [-0.25, -0.2) is 0 Å². The highest BCUT2D eigenvalue weighted by Gasteiger charge is 1.94. The minimum absolute atomic E-state index is 0.173. The molecule has 6 N–H and O–H groups in total. The van der Waals surface area contributed by atoms with E-state index in [0.717, 1.165) is 38.0 Å². The van der Waals surface area contributed by atoms with Gasteiger partial charge in [0.05, 0.1) is 0 Å². The van der Waals surface area contributed by atoms with Gasteiger partial charge in [0.15, 0.2) is 5.96 Å². The highest BCUT2D eigenvalue weighted by molar-refractivity contribution is 5.75. The fourth-order valence-electron chi connectivity index (χ4n) is 1.44. The molecule has 0 rings (SSSR count). The van der Waals surface area contributed by atoms with Crippen molar-refractivity contribution in [3.05, 3.63) is 12.3 Å². The second-order valence-electron chi connectivity index (χ2n) is 4.10. The van der Waals surface area contributed by atoms with Crippen LogP contribution in [-0.2, 0) is 0 Å². The van der Waals surface area contributed by atoms with Crippen molar-refractivity contribution in [1.82, 2.24) is 10.6 Å². The molecular weight excluding hydrogens is 214 g/mol. The lowest BCUT2D eigenvalue weighted by molar-refractivity contribution is 0.623. The number of rotatable bonds is 11. The molecule has 0 heterocycles. The largest absolute Gasteiger partial charge is 0.389 e. The molecule has 0 fully saturated rings. The molecule has 17 heavy (non-hydrogen) atoms. The van der Waals surface area contributed by atoms with Gasteiger partial charge in [-0.15, -0.1) is 0 Å². The summed E-state index contributed by atoms with van der Waals surface area (Å²) in [6, 6.07) is 0. The van der Waals surface area contributed by atoms with E-state index in [1.165, 1.54) is 12.8 Å². The van der Waals surface area contributed by atoms with Gasteiger partial charge in [0.25, 0.3) is 0 Å². The van der Waals surface area contributed by atoms with E-state index >= 15 is 0 Å². The Hall–Kier alpha value is -1.23. The number of aliphatic imine (C=N–C) groups is 1. The number of nitrogens with two attached hydrogens (primary N) is 2. The molecule has 0 aromatic rings. The predicted molar refractivity (Wildman–Crippen MR) is 74.8 cm³/mol. The van der Waals surface area contributed by atoms with Gasteiger partial charge in [0, 0.05) is 18.8 Å². The first kappa shape index (κ1) is 15.8. The maximum Gasteiger partial charge on any atom is 0.185 e. The van der Waals surface area contributed by atoms with E-state index in [-0.39, 0.29) is 5.96 Å². The topological polar surface area (TPSA) is 88.5 Å². The predicted octanol–water partition coefficient (Wildman–Crippen LogP) is 0.533. The quantitative estimate of drug-likeness (QED) is 0.241. The highest BCUT2D eigenvalue weighted by Crippen LogP contribution is 2.02. The van der Waals surface area contributed by atoms with E-state index in [1.807, 2.05) is 7.05 Å². The number of nitrogens with one attached hydrogen (secondary N) is 2. The molecule has 0 saturated carbocycles. The Bertz CT molecular complexity index is 221. The van der Waals surface area contributed by atoms with Crippen LogP contribution in [0.2, 0.25) is 0 Å². The molecule has 0 amide bonds. The summed E-state index contributed by atoms with van der Waals surface area (Å²) in [7, 11) is 1.98. The molecular formula is C12H27N5. The van der Waals surface area contributed by atoms with Crippen molar-refractivity contribution in [3.8, 4) is 0 Å². The lowest BCUT2D eigenvalue weighted by atomic mass is 10.2. The van der Waals surface area contributed by atoms with Crippen molar-refractivity contribution < 1.29 is 0 Å². The summed E-state index contributed by atoms with van der Waals surface area (Å²) < 4.78 is 0. The van der Waals surface area contributed by atoms with Gasteiger partial charge in [-0.05, 0) is 45.7 Å². The first-order chi connectivity index (χ1) is 8.16. The molecule has 0 radical (unpaired) electrons. The maximum atomic E-state index is 5.23. The van der Waals surface area contributed by atoms with Gasteiger partial charge in [0.2, 0.25) is 0 Å². The standard InChI is InChI=1S/C12H27N5/c1-11(16-9-6-5-8-15-2)7-3-4-10-17-12(13)14/h15-16H,1,3-10H2,2H3,(H4,13,14,17). The summed E-state index contributed by atoms with van der Waals surface area (Å²) in [4.78, 5) is 3.93. The third kappa shape index (κ3) is 12.7. The van der Waals surface area contributed by atoms with Crippen LogP contribution in [0, 0.1) is 0 Å². The lowest BCUT2D eigenvalue weighted by Gasteiger charge is -2.08. The second-order valence-corrected chi connectivity index (χ2v) is 4.10. The Morgan fingerprint density at radius 2 is 1.82 bits per heavy atom. The third-order valence-electron chi connectivity index (χ3n) is 2.41. The molecule has 100 valence electrons. The summed E-state index contributed by atoms with van der Waals surface area (Å²) in [5.41, 5.74) is 11.6. The summed E-state index contributed by atoms with van der Waals surface area (Å²) >= 11 is 0. The minimum Gasteiger partial charge on any atom is -0.389 e. The molecule has 0 aliphatic rings. The molecule has 5 nitrogen and oxygen atoms in total. The average molecular weight is 241 g/mol. The molecule has 5 heteroatoms. The smallest absolute Gasteiger partial charge is 0.185 e. The number of guanidine groups is 1. The van der Waals surface area contributed by atoms with Crippen LogP contribution in [0.15, 0.2) is 17.3 Å². The van der Waals surface area contributed by atoms with Crippen LogP contribution in [0.5, 0.6) is 0 Å². The summed E-state index contributed by atoms with van der Waals surface area (Å²) in [5, 5.41) is 6.46. The van der Waals surface area contributed by atoms with Crippen LogP contribution in [0.1, 0.15) is 32.1 Å². The van der Waals surface area contributed by atoms with Crippen LogP contribution in [0.3, 0.4) is 0 Å². The second kappa shape index (κ2) is 11.3. The number of nitrogens with zero attached hydrogens (tertiary/aromatic N) is 1. The monoisotopic (exact) mass is 241 g/mol. The maximum absolute atomic E-state index is 5.23. The zero-order valence-electron chi connectivity index (χ0n) is 11.0. The number of hydrogen-bond acceptors (Lipinski definition) is 3. The van der Waals surface area contributed by atoms with Crippen LogP contribution in [0.4, 0.5) is 0 Å². The molecule has 0 saturated heterocycles. The third-order valence-corrected chi connectivity index (χ3v) is 2.41. The molecule has 0 atom stereocenters. The Labute approximate surface area is 105 Å². The number of unbranched alkanes of at least 4 members (excludes halogenated alkanes) is 2. The SMILES string of the molecule is C=C(CCCCN=C(N)N)NCCCCNC. The van der Waals surface area contributed by atoms with Crippen molar-refractivity contribution in [2.24, 2.45) is 16.5 Å². The van der Waals surface area contributed by atoms with Crippen molar-refractivity contribution in [1.29, 1.82) is 0 Å². The van der Waals surface area contributed by atoms with E-state index in [9.17, 15) is 0 Å². The van der Waals surface area contributed by atoms with Crippen LogP contribution in [0.25, 0.3) is 0 Å². The molecule has 0 unspecified atom stereocenters. The Morgan fingerprint density at radius 1 is 1.12 bits per heavy atom. The van der Waals surface area contributed by atoms with E-state index in [1.54, 1.807) is 0 Å². The first-order valence-corrected chi connectivity index (χ1v) is 6.28. The van der Waals surface area contributed by atoms with Crippen LogP contribution in [-0.4, -0.2) is 32.6 Å². The molecule has 0 bridgehead atoms. The van der Waals surface area contributed by atoms with Crippen molar-refractivity contribution in [2.45, 2.75) is 32.1 Å². The van der Waals surface area contributed by atoms with Gasteiger partial charge in [-0.3, -0.25) is 4.99 Å². The van der Waals surface area contributed by atoms with Crippen LogP contribution >= 0.6 is 0 Å². The molecule has 0 aromatic carbocycles. The Kier molecular flexibility index (Phi) is 10.4. The summed E-state index contributed by atoms with van der Waals surface area (Å²) in [5.74, 6) is 0.173. The highest BCUT2D eigenvalue weighted by atomic mass is 15.0. The van der Waals surface area contributed by atoms with Gasteiger partial charge >= 0.3 is 0 Å². The molecule has 0 aliphatic heterocycles. The normalized spacial score (nSPS) is 9.94. The minimum atomic E-state index is 0.173. The van der Waals surface area contributed by atoms with Crippen molar-refractivity contribution in [3.63, 3.8) is 0 Å². The average Bonchev–Trinajstić information content (AvgIpc) is 2.28. The van der Waals surface area contributed by atoms with Gasteiger partial charge in [-0.2, -0.15) is 0 Å². The van der Waals surface area contributed by atoms with Gasteiger partial charge in [0.1, 0.15) is 0 Å². The van der Waals surface area contributed by atoms with E-state index in [0.29, 0.717) is 6.54 Å². The van der Waals surface area contributed by atoms with Crippen LogP contribution < -0.4 is 22.1 Å². The van der Waals surface area contributed by atoms with Gasteiger partial charge in [-0.1, -0.05) is 6.58 Å². The van der Waals surface area contributed by atoms with E-state index in [4.69, 9.17) is 11.5 Å². The summed E-state index contributed by atoms with van der Waals surface area (Å²) in [6.07, 6.45) is 5.43. The summed E-state index contributed by atoms with van der Waals surface area (Å²) in [6.45, 7) is 6.78. The van der Waals surface area contributed by atoms with Crippen molar-refractivity contribution >= 4 is 5.96 Å². The Balaban J connectivity index is 3.26. The lowest BCUT2D eigenvalue weighted by Crippen LogP contribution is -2.22. The first-order valence-electron chi connectivity index (χ1n) is 6.28. The number of allylic oxidation sites excluding steroid dienone is 1. The van der Waals surface area contributed by atoms with Crippen molar-refractivity contribution in [2.75, 3.05) is 26.7 Å². The number of hydrogen-bond donors (Lipinski definition) is 4. The van der Waals surface area contributed by atoms with E-state index < -0.39 is 0 Å². The van der Waals surface area contributed by atoms with Gasteiger partial charge < -0.3 is 22.1 Å². The molecule has 0 aliphatic carbocycles. The molecule has 0 spiro atoms. The fraction of sp³-hybridized carbons (Fsp3) is 0.750. The fourth-order valence-corrected chi connectivity index (χ4v) is 1.44. The molecule has 0 aromatic heterocycles. The zero-order chi connectivity index (χ0) is 12.9.